The summed E-state index contributed by atoms with van der Waals surface area (Å²) in [6.45, 7) is 2.21. The molecule has 0 aliphatic heterocycles. The van der Waals surface area contributed by atoms with Gasteiger partial charge in [-0.05, 0) is 44.9 Å². The number of ether oxygens (including phenoxy) is 2. The Morgan fingerprint density at radius 1 is 0.474 bits per heavy atom. The average molecular weight is 831 g/mol. The minimum atomic E-state index is -4.64. The zero-order valence-electron chi connectivity index (χ0n) is 36.6. The van der Waals surface area contributed by atoms with Crippen molar-refractivity contribution in [1.82, 2.24) is 0 Å². The van der Waals surface area contributed by atoms with Crippen molar-refractivity contribution in [2.75, 3.05) is 26.4 Å². The van der Waals surface area contributed by atoms with Crippen molar-refractivity contribution in [3.8, 4) is 0 Å². The summed E-state index contributed by atoms with van der Waals surface area (Å²) in [7, 11) is -4.64. The summed E-state index contributed by atoms with van der Waals surface area (Å²) in [5.74, 6) is -1.02. The number of rotatable bonds is 44. The number of esters is 2. The van der Waals surface area contributed by atoms with Gasteiger partial charge < -0.3 is 24.6 Å². The van der Waals surface area contributed by atoms with Gasteiger partial charge in [0.1, 0.15) is 12.2 Å². The fourth-order valence-electron chi connectivity index (χ4n) is 6.56. The van der Waals surface area contributed by atoms with Gasteiger partial charge in [-0.2, -0.15) is 0 Å². The van der Waals surface area contributed by atoms with E-state index in [2.05, 4.69) is 38.2 Å². The maximum absolute atomic E-state index is 12.4. The van der Waals surface area contributed by atoms with E-state index in [1.807, 2.05) is 0 Å². The molecule has 3 N–H and O–H groups in total. The first-order chi connectivity index (χ1) is 27.8. The Morgan fingerprint density at radius 3 is 1.12 bits per heavy atom. The lowest BCUT2D eigenvalue weighted by Gasteiger charge is -2.20. The normalized spacial score (nSPS) is 14.0. The molecule has 0 fully saturated rings. The summed E-state index contributed by atoms with van der Waals surface area (Å²) in [6, 6.07) is 0. The van der Waals surface area contributed by atoms with Gasteiger partial charge in [-0.15, -0.1) is 0 Å². The van der Waals surface area contributed by atoms with E-state index in [1.165, 1.54) is 128 Å². The number of hydrogen-bond acceptors (Lipinski definition) is 9. The van der Waals surface area contributed by atoms with E-state index in [1.54, 1.807) is 0 Å². The number of carbonyl (C=O) groups is 2. The number of carbonyl (C=O) groups excluding carboxylic acids is 2. The molecule has 0 aliphatic rings. The van der Waals surface area contributed by atoms with Crippen molar-refractivity contribution in [3.05, 3.63) is 24.3 Å². The predicted octanol–water partition coefficient (Wildman–Crippen LogP) is 12.6. The molecule has 3 unspecified atom stereocenters. The number of aliphatic hydroxyl groups is 2. The van der Waals surface area contributed by atoms with E-state index in [0.717, 1.165) is 51.4 Å². The van der Waals surface area contributed by atoms with E-state index in [0.29, 0.717) is 12.8 Å². The average Bonchev–Trinajstić information content (AvgIpc) is 3.20. The lowest BCUT2D eigenvalue weighted by atomic mass is 10.0. The molecule has 0 saturated carbocycles. The van der Waals surface area contributed by atoms with Crippen molar-refractivity contribution in [1.29, 1.82) is 0 Å². The van der Waals surface area contributed by atoms with E-state index in [4.69, 9.17) is 18.5 Å². The van der Waals surface area contributed by atoms with Crippen LogP contribution in [0.1, 0.15) is 219 Å². The number of phosphoric ester groups is 1. The number of allylic oxidation sites excluding steroid dienone is 4. The highest BCUT2D eigenvalue weighted by Crippen LogP contribution is 2.43. The van der Waals surface area contributed by atoms with E-state index in [-0.39, 0.29) is 12.8 Å². The monoisotopic (exact) mass is 831 g/mol. The van der Waals surface area contributed by atoms with Gasteiger partial charge >= 0.3 is 19.8 Å². The molecule has 0 aromatic heterocycles. The van der Waals surface area contributed by atoms with Crippen LogP contribution in [0.3, 0.4) is 0 Å². The van der Waals surface area contributed by atoms with Crippen LogP contribution in [0.15, 0.2) is 24.3 Å². The SMILES string of the molecule is CCCCC/C=C\C/C=C\CCCCCCCCCC(=O)OC(CO)COP(=O)(O)OCC(CO)OC(=O)CCCCCCCCCCCCCCCCCCC. The van der Waals surface area contributed by atoms with Crippen LogP contribution in [0, 0.1) is 0 Å². The molecule has 0 aromatic carbocycles. The number of hydrogen-bond donors (Lipinski definition) is 3. The molecule has 0 spiro atoms. The molecule has 3 atom stereocenters. The Morgan fingerprint density at radius 2 is 0.772 bits per heavy atom. The second-order valence-electron chi connectivity index (χ2n) is 15.7. The molecule has 0 aliphatic carbocycles. The maximum Gasteiger partial charge on any atom is 0.472 e. The zero-order valence-corrected chi connectivity index (χ0v) is 37.5. The van der Waals surface area contributed by atoms with Gasteiger partial charge in [-0.25, -0.2) is 4.57 Å². The molecule has 0 heterocycles. The first kappa shape index (κ1) is 55.5. The smallest absolute Gasteiger partial charge is 0.457 e. The fraction of sp³-hybridized carbons (Fsp3) is 0.870. The molecule has 0 bridgehead atoms. The molecule has 0 aromatic rings. The number of phosphoric acid groups is 1. The van der Waals surface area contributed by atoms with Crippen LogP contribution in [0.4, 0.5) is 0 Å². The van der Waals surface area contributed by atoms with Crippen LogP contribution in [-0.2, 0) is 32.7 Å². The molecule has 0 rings (SSSR count). The van der Waals surface area contributed by atoms with Crippen molar-refractivity contribution in [2.24, 2.45) is 0 Å². The van der Waals surface area contributed by atoms with Gasteiger partial charge in [-0.3, -0.25) is 18.6 Å². The lowest BCUT2D eigenvalue weighted by molar-refractivity contribution is -0.153. The summed E-state index contributed by atoms with van der Waals surface area (Å²) in [4.78, 5) is 34.6. The second-order valence-corrected chi connectivity index (χ2v) is 17.2. The molecule has 336 valence electrons. The molecular formula is C46H87O10P. The molecule has 0 radical (unpaired) electrons. The quantitative estimate of drug-likeness (QED) is 0.0234. The van der Waals surface area contributed by atoms with Crippen molar-refractivity contribution >= 4 is 19.8 Å². The van der Waals surface area contributed by atoms with Crippen LogP contribution >= 0.6 is 7.82 Å². The van der Waals surface area contributed by atoms with Crippen LogP contribution in [0.2, 0.25) is 0 Å². The van der Waals surface area contributed by atoms with Gasteiger partial charge in [0.15, 0.2) is 0 Å². The minimum absolute atomic E-state index is 0.185. The second kappa shape index (κ2) is 42.6. The Bertz CT molecular complexity index is 1000. The maximum atomic E-state index is 12.4. The van der Waals surface area contributed by atoms with E-state index < -0.39 is 58.4 Å². The Balaban J connectivity index is 3.88. The highest BCUT2D eigenvalue weighted by molar-refractivity contribution is 7.47. The van der Waals surface area contributed by atoms with Gasteiger partial charge in [0.05, 0.1) is 26.4 Å². The van der Waals surface area contributed by atoms with Crippen LogP contribution in [0.25, 0.3) is 0 Å². The minimum Gasteiger partial charge on any atom is -0.457 e. The van der Waals surface area contributed by atoms with E-state index in [9.17, 15) is 29.3 Å². The Kier molecular flexibility index (Phi) is 41.4. The fourth-order valence-corrected chi connectivity index (χ4v) is 7.34. The predicted molar refractivity (Wildman–Crippen MR) is 233 cm³/mol. The number of unbranched alkanes of at least 4 members (excludes halogenated alkanes) is 26. The molecule has 0 saturated heterocycles. The third kappa shape index (κ3) is 41.0. The first-order valence-corrected chi connectivity index (χ1v) is 24.8. The summed E-state index contributed by atoms with van der Waals surface area (Å²) in [5.41, 5.74) is 0. The van der Waals surface area contributed by atoms with Crippen molar-refractivity contribution < 1.29 is 47.8 Å². The highest BCUT2D eigenvalue weighted by Gasteiger charge is 2.27. The summed E-state index contributed by atoms with van der Waals surface area (Å²) in [6.07, 6.45) is 42.9. The zero-order chi connectivity index (χ0) is 41.9. The molecule has 10 nitrogen and oxygen atoms in total. The molecule has 0 amide bonds. The van der Waals surface area contributed by atoms with Gasteiger partial charge in [0.2, 0.25) is 0 Å². The third-order valence-electron chi connectivity index (χ3n) is 10.2. The molecule has 11 heteroatoms. The molecule has 57 heavy (non-hydrogen) atoms. The van der Waals surface area contributed by atoms with Crippen LogP contribution in [0.5, 0.6) is 0 Å². The Hall–Kier alpha value is -1.55. The van der Waals surface area contributed by atoms with Crippen molar-refractivity contribution in [2.45, 2.75) is 232 Å². The van der Waals surface area contributed by atoms with E-state index >= 15 is 0 Å². The molecular weight excluding hydrogens is 743 g/mol. The summed E-state index contributed by atoms with van der Waals surface area (Å²) >= 11 is 0. The summed E-state index contributed by atoms with van der Waals surface area (Å²) in [5, 5.41) is 19.2. The largest absolute Gasteiger partial charge is 0.472 e. The van der Waals surface area contributed by atoms with Gasteiger partial charge in [0.25, 0.3) is 0 Å². The summed E-state index contributed by atoms with van der Waals surface area (Å²) < 4.78 is 32.6. The highest BCUT2D eigenvalue weighted by atomic mass is 31.2. The standard InChI is InChI=1S/C46H87O10P/c1-3-5-7-9-11-13-15-17-19-21-23-25-27-29-31-33-35-37-45(49)55-43(39-47)41-53-57(51,52)54-42-44(40-48)56-46(50)38-36-34-32-30-28-26-24-22-20-18-16-14-12-10-8-6-4-2/h11,13,17,19,43-44,47-48H,3-10,12,14-16,18,20-42H2,1-2H3,(H,51,52)/b13-11-,19-17-. The third-order valence-corrected chi connectivity index (χ3v) is 11.1. The van der Waals surface area contributed by atoms with Gasteiger partial charge in [0, 0.05) is 12.8 Å². The lowest BCUT2D eigenvalue weighted by Crippen LogP contribution is -2.28. The van der Waals surface area contributed by atoms with Crippen LogP contribution in [-0.4, -0.2) is 65.7 Å². The van der Waals surface area contributed by atoms with Crippen molar-refractivity contribution in [3.63, 3.8) is 0 Å². The van der Waals surface area contributed by atoms with Gasteiger partial charge in [-0.1, -0.05) is 186 Å². The first-order valence-electron chi connectivity index (χ1n) is 23.3. The number of aliphatic hydroxyl groups excluding tert-OH is 2. The topological polar surface area (TPSA) is 149 Å². The Labute approximate surface area is 348 Å². The van der Waals surface area contributed by atoms with Crippen LogP contribution < -0.4 is 0 Å².